The van der Waals surface area contributed by atoms with Crippen LogP contribution >= 0.6 is 15.9 Å². The molecular weight excluding hydrogens is 323 g/mol. The summed E-state index contributed by atoms with van der Waals surface area (Å²) in [5.74, 6) is -0.501. The van der Waals surface area contributed by atoms with Crippen molar-refractivity contribution >= 4 is 21.8 Å². The molecule has 1 unspecified atom stereocenters. The van der Waals surface area contributed by atoms with Gasteiger partial charge in [-0.3, -0.25) is 4.79 Å². The molecule has 1 aromatic rings. The van der Waals surface area contributed by atoms with Crippen molar-refractivity contribution in [3.63, 3.8) is 0 Å². The average Bonchev–Trinajstić information content (AvgIpc) is 2.27. The maximum Gasteiger partial charge on any atom is 0.416 e. The number of benzene rings is 1. The van der Waals surface area contributed by atoms with Crippen LogP contribution in [0.5, 0.6) is 0 Å². The number of amides is 1. The van der Waals surface area contributed by atoms with E-state index in [1.807, 2.05) is 13.8 Å². The van der Waals surface area contributed by atoms with Crippen molar-refractivity contribution in [2.75, 3.05) is 0 Å². The predicted molar refractivity (Wildman–Crippen MR) is 71.0 cm³/mol. The van der Waals surface area contributed by atoms with Gasteiger partial charge in [-0.2, -0.15) is 13.2 Å². The molecule has 0 aliphatic rings. The molecular formula is C13H15BrF3NO. The number of rotatable bonds is 4. The fourth-order valence-corrected chi connectivity index (χ4v) is 2.11. The van der Waals surface area contributed by atoms with Crippen LogP contribution < -0.4 is 5.32 Å². The molecule has 1 aromatic carbocycles. The summed E-state index contributed by atoms with van der Waals surface area (Å²) in [7, 11) is 0. The number of hydrogen-bond donors (Lipinski definition) is 1. The van der Waals surface area contributed by atoms with Crippen LogP contribution in [0.2, 0.25) is 0 Å². The summed E-state index contributed by atoms with van der Waals surface area (Å²) >= 11 is 3.10. The van der Waals surface area contributed by atoms with E-state index in [0.29, 0.717) is 4.47 Å². The first kappa shape index (κ1) is 16.0. The molecule has 1 rings (SSSR count). The number of nitrogens with one attached hydrogen (secondary N) is 1. The lowest BCUT2D eigenvalue weighted by atomic mass is 10.1. The molecule has 0 fully saturated rings. The number of alkyl halides is 3. The van der Waals surface area contributed by atoms with Crippen molar-refractivity contribution in [2.45, 2.75) is 38.9 Å². The first-order valence-electron chi connectivity index (χ1n) is 5.93. The Labute approximate surface area is 118 Å². The van der Waals surface area contributed by atoms with Crippen LogP contribution in [0.4, 0.5) is 13.2 Å². The molecule has 0 saturated heterocycles. The molecule has 0 bridgehead atoms. The molecule has 0 spiro atoms. The quantitative estimate of drug-likeness (QED) is 0.867. The van der Waals surface area contributed by atoms with Crippen LogP contribution in [-0.4, -0.2) is 11.9 Å². The summed E-state index contributed by atoms with van der Waals surface area (Å²) in [6, 6.07) is 2.97. The molecule has 6 heteroatoms. The monoisotopic (exact) mass is 337 g/mol. The summed E-state index contributed by atoms with van der Waals surface area (Å²) in [6.07, 6.45) is -2.78. The topological polar surface area (TPSA) is 29.1 Å². The van der Waals surface area contributed by atoms with E-state index in [-0.39, 0.29) is 11.6 Å². The Hall–Kier alpha value is -1.04. The second-order valence-electron chi connectivity index (χ2n) is 4.36. The second-order valence-corrected chi connectivity index (χ2v) is 5.21. The zero-order valence-corrected chi connectivity index (χ0v) is 12.2. The van der Waals surface area contributed by atoms with Crippen molar-refractivity contribution in [1.29, 1.82) is 0 Å². The SMILES string of the molecule is CCCC(C)NC(=O)c1cc(C(F)(F)F)ccc1Br. The Morgan fingerprint density at radius 3 is 2.58 bits per heavy atom. The highest BCUT2D eigenvalue weighted by Crippen LogP contribution is 2.31. The minimum absolute atomic E-state index is 0.00206. The lowest BCUT2D eigenvalue weighted by Crippen LogP contribution is -2.32. The summed E-state index contributed by atoms with van der Waals surface area (Å²) in [5, 5.41) is 2.68. The Kier molecular flexibility index (Phi) is 5.40. The van der Waals surface area contributed by atoms with Crippen molar-refractivity contribution in [2.24, 2.45) is 0 Å². The lowest BCUT2D eigenvalue weighted by Gasteiger charge is -2.15. The first-order chi connectivity index (χ1) is 8.75. The third-order valence-corrected chi connectivity index (χ3v) is 3.33. The van der Waals surface area contributed by atoms with E-state index in [1.165, 1.54) is 6.07 Å². The maximum atomic E-state index is 12.6. The van der Waals surface area contributed by atoms with E-state index >= 15 is 0 Å². The van der Waals surface area contributed by atoms with E-state index in [1.54, 1.807) is 0 Å². The molecule has 0 saturated carbocycles. The van der Waals surface area contributed by atoms with Gasteiger partial charge in [0.2, 0.25) is 0 Å². The van der Waals surface area contributed by atoms with E-state index in [9.17, 15) is 18.0 Å². The van der Waals surface area contributed by atoms with Crippen LogP contribution in [0.25, 0.3) is 0 Å². The van der Waals surface area contributed by atoms with Crippen LogP contribution in [0, 0.1) is 0 Å². The standard InChI is InChI=1S/C13H15BrF3NO/c1-3-4-8(2)18-12(19)10-7-9(13(15,16)17)5-6-11(10)14/h5-8H,3-4H2,1-2H3,(H,18,19). The number of carbonyl (C=O) groups excluding carboxylic acids is 1. The third-order valence-electron chi connectivity index (χ3n) is 2.64. The fourth-order valence-electron chi connectivity index (χ4n) is 1.68. The zero-order valence-electron chi connectivity index (χ0n) is 10.6. The smallest absolute Gasteiger partial charge is 0.350 e. The fraction of sp³-hybridized carbons (Fsp3) is 0.462. The van der Waals surface area contributed by atoms with Gasteiger partial charge in [0.1, 0.15) is 0 Å². The second kappa shape index (κ2) is 6.41. The van der Waals surface area contributed by atoms with Gasteiger partial charge < -0.3 is 5.32 Å². The minimum atomic E-state index is -4.45. The van der Waals surface area contributed by atoms with Gasteiger partial charge in [0.05, 0.1) is 11.1 Å². The number of hydrogen-bond acceptors (Lipinski definition) is 1. The highest BCUT2D eigenvalue weighted by Gasteiger charge is 2.31. The van der Waals surface area contributed by atoms with Gasteiger partial charge in [-0.1, -0.05) is 13.3 Å². The molecule has 1 N–H and O–H groups in total. The van der Waals surface area contributed by atoms with E-state index in [2.05, 4.69) is 21.2 Å². The lowest BCUT2D eigenvalue weighted by molar-refractivity contribution is -0.137. The van der Waals surface area contributed by atoms with Crippen molar-refractivity contribution in [1.82, 2.24) is 5.32 Å². The normalized spacial score (nSPS) is 13.2. The highest BCUT2D eigenvalue weighted by atomic mass is 79.9. The Balaban J connectivity index is 2.96. The van der Waals surface area contributed by atoms with Gasteiger partial charge in [-0.05, 0) is 47.5 Å². The molecule has 2 nitrogen and oxygen atoms in total. The molecule has 0 aliphatic heterocycles. The Bertz CT molecular complexity index is 460. The molecule has 0 aromatic heterocycles. The average molecular weight is 338 g/mol. The van der Waals surface area contributed by atoms with Gasteiger partial charge in [0.25, 0.3) is 5.91 Å². The highest BCUT2D eigenvalue weighted by molar-refractivity contribution is 9.10. The van der Waals surface area contributed by atoms with Crippen molar-refractivity contribution in [3.05, 3.63) is 33.8 Å². The molecule has 1 atom stereocenters. The molecule has 1 amide bonds. The summed E-state index contributed by atoms with van der Waals surface area (Å²) in [4.78, 5) is 11.9. The molecule has 0 radical (unpaired) electrons. The van der Waals surface area contributed by atoms with Crippen LogP contribution in [0.15, 0.2) is 22.7 Å². The molecule has 0 heterocycles. The maximum absolute atomic E-state index is 12.6. The minimum Gasteiger partial charge on any atom is -0.350 e. The van der Waals surface area contributed by atoms with Crippen LogP contribution in [0.1, 0.15) is 42.6 Å². The van der Waals surface area contributed by atoms with E-state index in [0.717, 1.165) is 25.0 Å². The Morgan fingerprint density at radius 1 is 1.42 bits per heavy atom. The van der Waals surface area contributed by atoms with Gasteiger partial charge in [-0.25, -0.2) is 0 Å². The van der Waals surface area contributed by atoms with Crippen LogP contribution in [-0.2, 0) is 6.18 Å². The third kappa shape index (κ3) is 4.53. The van der Waals surface area contributed by atoms with Gasteiger partial charge in [0.15, 0.2) is 0 Å². The summed E-state index contributed by atoms with van der Waals surface area (Å²) < 4.78 is 38.1. The van der Waals surface area contributed by atoms with Crippen molar-refractivity contribution in [3.8, 4) is 0 Å². The zero-order chi connectivity index (χ0) is 14.6. The van der Waals surface area contributed by atoms with Crippen molar-refractivity contribution < 1.29 is 18.0 Å². The summed E-state index contributed by atoms with van der Waals surface area (Å²) in [5.41, 5.74) is -0.832. The van der Waals surface area contributed by atoms with Gasteiger partial charge in [-0.15, -0.1) is 0 Å². The Morgan fingerprint density at radius 2 is 2.05 bits per heavy atom. The molecule has 0 aliphatic carbocycles. The predicted octanol–water partition coefficient (Wildman–Crippen LogP) is 4.39. The summed E-state index contributed by atoms with van der Waals surface area (Å²) in [6.45, 7) is 3.80. The number of carbonyl (C=O) groups is 1. The van der Waals surface area contributed by atoms with E-state index < -0.39 is 17.6 Å². The number of halogens is 4. The van der Waals surface area contributed by atoms with E-state index in [4.69, 9.17) is 0 Å². The molecule has 19 heavy (non-hydrogen) atoms. The van der Waals surface area contributed by atoms with Crippen LogP contribution in [0.3, 0.4) is 0 Å². The first-order valence-corrected chi connectivity index (χ1v) is 6.72. The van der Waals surface area contributed by atoms with Gasteiger partial charge >= 0.3 is 6.18 Å². The largest absolute Gasteiger partial charge is 0.416 e. The molecule has 106 valence electrons. The van der Waals surface area contributed by atoms with Gasteiger partial charge in [0, 0.05) is 10.5 Å².